The Balaban J connectivity index is 2.09. The smallest absolute Gasteiger partial charge is 0.104 e. The van der Waals surface area contributed by atoms with Crippen molar-refractivity contribution in [3.8, 4) is 0 Å². The van der Waals surface area contributed by atoms with Gasteiger partial charge in [0.25, 0.3) is 0 Å². The van der Waals surface area contributed by atoms with Gasteiger partial charge in [-0.2, -0.15) is 15.4 Å². The molecule has 0 bridgehead atoms. The van der Waals surface area contributed by atoms with Crippen molar-refractivity contribution in [2.75, 3.05) is 6.54 Å². The first kappa shape index (κ1) is 12.7. The molecule has 0 saturated heterocycles. The number of fused-ring (bicyclic) bond motifs is 1. The molecular weight excluding hydrogens is 250 g/mol. The summed E-state index contributed by atoms with van der Waals surface area (Å²) in [4.78, 5) is 4.35. The van der Waals surface area contributed by atoms with Gasteiger partial charge in [0.2, 0.25) is 0 Å². The summed E-state index contributed by atoms with van der Waals surface area (Å²) in [6.07, 6.45) is 6.62. The van der Waals surface area contributed by atoms with Crippen LogP contribution in [0.1, 0.15) is 30.6 Å². The van der Waals surface area contributed by atoms with Gasteiger partial charge in [0.1, 0.15) is 5.69 Å². The van der Waals surface area contributed by atoms with Gasteiger partial charge in [-0.1, -0.05) is 31.2 Å². The summed E-state index contributed by atoms with van der Waals surface area (Å²) in [5.74, 6) is 0. The van der Waals surface area contributed by atoms with E-state index in [-0.39, 0.29) is 6.04 Å². The first-order valence-corrected chi connectivity index (χ1v) is 6.82. The van der Waals surface area contributed by atoms with Crippen LogP contribution in [0, 0.1) is 0 Å². The SMILES string of the molecule is CCCNC(c1cn[nH]n1)c1cncc2ccccc12. The highest BCUT2D eigenvalue weighted by Crippen LogP contribution is 2.26. The molecule has 3 aromatic rings. The average Bonchev–Trinajstić information content (AvgIpc) is 3.02. The molecule has 1 unspecified atom stereocenters. The highest BCUT2D eigenvalue weighted by atomic mass is 15.3. The summed E-state index contributed by atoms with van der Waals surface area (Å²) in [5, 5.41) is 16.7. The van der Waals surface area contributed by atoms with Crippen LogP contribution in [0.15, 0.2) is 42.9 Å². The second kappa shape index (κ2) is 5.79. The fourth-order valence-corrected chi connectivity index (χ4v) is 2.38. The number of benzene rings is 1. The van der Waals surface area contributed by atoms with Crippen molar-refractivity contribution in [1.29, 1.82) is 0 Å². The molecule has 0 aliphatic heterocycles. The van der Waals surface area contributed by atoms with Crippen LogP contribution in [0.4, 0.5) is 0 Å². The van der Waals surface area contributed by atoms with Crippen LogP contribution in [-0.4, -0.2) is 26.9 Å². The van der Waals surface area contributed by atoms with E-state index in [4.69, 9.17) is 0 Å². The zero-order chi connectivity index (χ0) is 13.8. The zero-order valence-electron chi connectivity index (χ0n) is 11.4. The maximum Gasteiger partial charge on any atom is 0.104 e. The molecule has 0 fully saturated rings. The van der Waals surface area contributed by atoms with E-state index >= 15 is 0 Å². The molecule has 0 radical (unpaired) electrons. The van der Waals surface area contributed by atoms with Gasteiger partial charge >= 0.3 is 0 Å². The third-order valence-electron chi connectivity index (χ3n) is 3.34. The number of hydrogen-bond acceptors (Lipinski definition) is 4. The topological polar surface area (TPSA) is 66.5 Å². The monoisotopic (exact) mass is 267 g/mol. The molecule has 3 rings (SSSR count). The Bertz CT molecular complexity index is 672. The number of nitrogens with zero attached hydrogens (tertiary/aromatic N) is 3. The van der Waals surface area contributed by atoms with Crippen molar-refractivity contribution in [3.05, 3.63) is 54.1 Å². The summed E-state index contributed by atoms with van der Waals surface area (Å²) in [6, 6.07) is 8.27. The highest BCUT2D eigenvalue weighted by molar-refractivity contribution is 5.85. The van der Waals surface area contributed by atoms with Gasteiger partial charge in [-0.05, 0) is 18.4 Å². The first-order valence-electron chi connectivity index (χ1n) is 6.82. The first-order chi connectivity index (χ1) is 9.90. The lowest BCUT2D eigenvalue weighted by atomic mass is 9.99. The molecule has 2 N–H and O–H groups in total. The predicted molar refractivity (Wildman–Crippen MR) is 78.3 cm³/mol. The molecule has 0 aliphatic carbocycles. The average molecular weight is 267 g/mol. The van der Waals surface area contributed by atoms with Crippen LogP contribution in [-0.2, 0) is 0 Å². The zero-order valence-corrected chi connectivity index (χ0v) is 11.4. The minimum atomic E-state index is 0.00676. The van der Waals surface area contributed by atoms with E-state index in [1.807, 2.05) is 24.5 Å². The molecule has 5 nitrogen and oxygen atoms in total. The van der Waals surface area contributed by atoms with E-state index in [2.05, 4.69) is 44.8 Å². The van der Waals surface area contributed by atoms with Crippen LogP contribution < -0.4 is 5.32 Å². The minimum Gasteiger partial charge on any atom is -0.305 e. The molecule has 20 heavy (non-hydrogen) atoms. The number of H-pyrrole nitrogens is 1. The van der Waals surface area contributed by atoms with Gasteiger partial charge in [0.15, 0.2) is 0 Å². The van der Waals surface area contributed by atoms with Crippen molar-refractivity contribution in [1.82, 2.24) is 25.7 Å². The predicted octanol–water partition coefficient (Wildman–Crippen LogP) is 2.44. The Kier molecular flexibility index (Phi) is 3.69. The Morgan fingerprint density at radius 1 is 1.20 bits per heavy atom. The summed E-state index contributed by atoms with van der Waals surface area (Å²) in [7, 11) is 0. The van der Waals surface area contributed by atoms with E-state index < -0.39 is 0 Å². The van der Waals surface area contributed by atoms with Crippen molar-refractivity contribution < 1.29 is 0 Å². The highest BCUT2D eigenvalue weighted by Gasteiger charge is 2.18. The normalized spacial score (nSPS) is 12.7. The Labute approximate surface area is 117 Å². The van der Waals surface area contributed by atoms with E-state index in [0.29, 0.717) is 0 Å². The lowest BCUT2D eigenvalue weighted by Crippen LogP contribution is -2.24. The van der Waals surface area contributed by atoms with Crippen LogP contribution in [0.25, 0.3) is 10.8 Å². The molecule has 1 aromatic carbocycles. The van der Waals surface area contributed by atoms with E-state index in [0.717, 1.165) is 29.6 Å². The summed E-state index contributed by atoms with van der Waals surface area (Å²) >= 11 is 0. The number of aromatic amines is 1. The van der Waals surface area contributed by atoms with Gasteiger partial charge in [-0.15, -0.1) is 0 Å². The molecule has 2 aromatic heterocycles. The summed E-state index contributed by atoms with van der Waals surface area (Å²) in [5.41, 5.74) is 2.02. The molecule has 1 atom stereocenters. The fraction of sp³-hybridized carbons (Fsp3) is 0.267. The van der Waals surface area contributed by atoms with Gasteiger partial charge in [-0.25, -0.2) is 0 Å². The number of hydrogen-bond donors (Lipinski definition) is 2. The third-order valence-corrected chi connectivity index (χ3v) is 3.34. The van der Waals surface area contributed by atoms with Crippen molar-refractivity contribution in [2.24, 2.45) is 0 Å². The molecule has 0 aliphatic rings. The Morgan fingerprint density at radius 3 is 2.90 bits per heavy atom. The molecule has 2 heterocycles. The largest absolute Gasteiger partial charge is 0.305 e. The van der Waals surface area contributed by atoms with Crippen LogP contribution >= 0.6 is 0 Å². The summed E-state index contributed by atoms with van der Waals surface area (Å²) in [6.45, 7) is 3.06. The molecule has 0 saturated carbocycles. The molecular formula is C15H17N5. The number of pyridine rings is 1. The number of nitrogens with one attached hydrogen (secondary N) is 2. The van der Waals surface area contributed by atoms with Crippen LogP contribution in [0.2, 0.25) is 0 Å². The van der Waals surface area contributed by atoms with E-state index in [9.17, 15) is 0 Å². The molecule has 0 spiro atoms. The standard InChI is InChI=1S/C15H17N5/c1-2-7-17-15(14-10-18-20-19-14)13-9-16-8-11-5-3-4-6-12(11)13/h3-6,8-10,15,17H,2,7H2,1H3,(H,18,19,20). The Hall–Kier alpha value is -2.27. The quantitative estimate of drug-likeness (QED) is 0.745. The molecule has 0 amide bonds. The molecule has 5 heteroatoms. The van der Waals surface area contributed by atoms with Crippen molar-refractivity contribution in [3.63, 3.8) is 0 Å². The minimum absolute atomic E-state index is 0.00676. The van der Waals surface area contributed by atoms with Crippen LogP contribution in [0.3, 0.4) is 0 Å². The number of rotatable bonds is 5. The van der Waals surface area contributed by atoms with E-state index in [1.165, 1.54) is 5.39 Å². The van der Waals surface area contributed by atoms with Gasteiger partial charge in [0.05, 0.1) is 12.2 Å². The van der Waals surface area contributed by atoms with Gasteiger partial charge in [0, 0.05) is 23.3 Å². The lowest BCUT2D eigenvalue weighted by Gasteiger charge is -2.18. The molecule has 102 valence electrons. The maximum absolute atomic E-state index is 4.35. The van der Waals surface area contributed by atoms with Gasteiger partial charge < -0.3 is 5.32 Å². The van der Waals surface area contributed by atoms with E-state index in [1.54, 1.807) is 6.20 Å². The Morgan fingerprint density at radius 2 is 2.10 bits per heavy atom. The third kappa shape index (κ3) is 2.40. The van der Waals surface area contributed by atoms with Gasteiger partial charge in [-0.3, -0.25) is 4.98 Å². The van der Waals surface area contributed by atoms with Crippen molar-refractivity contribution in [2.45, 2.75) is 19.4 Å². The second-order valence-electron chi connectivity index (χ2n) is 4.73. The second-order valence-corrected chi connectivity index (χ2v) is 4.73. The number of aromatic nitrogens is 4. The maximum atomic E-state index is 4.35. The van der Waals surface area contributed by atoms with Crippen molar-refractivity contribution >= 4 is 10.8 Å². The summed E-state index contributed by atoms with van der Waals surface area (Å²) < 4.78 is 0. The lowest BCUT2D eigenvalue weighted by molar-refractivity contribution is 0.587. The fourth-order valence-electron chi connectivity index (χ4n) is 2.38. The van der Waals surface area contributed by atoms with Crippen LogP contribution in [0.5, 0.6) is 0 Å².